The molecule has 0 spiro atoms. The number of aliphatic hydroxyl groups excluding tert-OH is 1. The topological polar surface area (TPSA) is 36.4 Å². The third-order valence-corrected chi connectivity index (χ3v) is 5.56. The summed E-state index contributed by atoms with van der Waals surface area (Å²) in [6, 6.07) is 0. The summed E-state index contributed by atoms with van der Waals surface area (Å²) in [7, 11) is 0. The summed E-state index contributed by atoms with van der Waals surface area (Å²) >= 11 is 1.74. The first-order valence-electron chi connectivity index (χ1n) is 7.69. The molecule has 0 aromatic carbocycles. The van der Waals surface area contributed by atoms with Crippen LogP contribution < -0.4 is 4.90 Å². The van der Waals surface area contributed by atoms with E-state index < -0.39 is 0 Å². The summed E-state index contributed by atoms with van der Waals surface area (Å²) in [5.41, 5.74) is 1.21. The third-order valence-electron chi connectivity index (χ3n) is 4.45. The van der Waals surface area contributed by atoms with E-state index in [9.17, 15) is 5.11 Å². The van der Waals surface area contributed by atoms with Crippen LogP contribution in [0.5, 0.6) is 0 Å². The van der Waals surface area contributed by atoms with Gasteiger partial charge in [0, 0.05) is 19.0 Å². The van der Waals surface area contributed by atoms with Crippen molar-refractivity contribution in [2.75, 3.05) is 18.0 Å². The van der Waals surface area contributed by atoms with Crippen LogP contribution in [0.2, 0.25) is 0 Å². The molecule has 0 saturated heterocycles. The summed E-state index contributed by atoms with van der Waals surface area (Å²) < 4.78 is 0. The molecule has 1 N–H and O–H groups in total. The molecule has 3 aliphatic carbocycles. The Kier molecular flexibility index (Phi) is 3.03. The SMILES string of the molecule is OCc1sc(N(CC2CC2)CC2CC2)nc1C1CC1. The van der Waals surface area contributed by atoms with E-state index >= 15 is 0 Å². The van der Waals surface area contributed by atoms with Crippen molar-refractivity contribution < 1.29 is 5.11 Å². The van der Waals surface area contributed by atoms with E-state index in [2.05, 4.69) is 4.90 Å². The van der Waals surface area contributed by atoms with Crippen LogP contribution in [0.25, 0.3) is 0 Å². The molecule has 0 bridgehead atoms. The van der Waals surface area contributed by atoms with Crippen molar-refractivity contribution in [1.82, 2.24) is 4.98 Å². The first-order chi connectivity index (χ1) is 9.33. The monoisotopic (exact) mass is 278 g/mol. The number of hydrogen-bond acceptors (Lipinski definition) is 4. The summed E-state index contributed by atoms with van der Waals surface area (Å²) in [6.45, 7) is 2.56. The molecule has 1 aromatic rings. The van der Waals surface area contributed by atoms with Gasteiger partial charge in [-0.1, -0.05) is 11.3 Å². The Morgan fingerprint density at radius 3 is 2.16 bits per heavy atom. The normalized spacial score (nSPS) is 22.8. The van der Waals surface area contributed by atoms with Gasteiger partial charge in [-0.05, 0) is 50.4 Å². The molecule has 0 aliphatic heterocycles. The molecule has 4 heteroatoms. The number of hydrogen-bond donors (Lipinski definition) is 1. The Bertz CT molecular complexity index is 447. The van der Waals surface area contributed by atoms with Gasteiger partial charge in [-0.2, -0.15) is 0 Å². The summed E-state index contributed by atoms with van der Waals surface area (Å²) in [5.74, 6) is 2.46. The van der Waals surface area contributed by atoms with Crippen molar-refractivity contribution in [3.8, 4) is 0 Å². The zero-order chi connectivity index (χ0) is 12.8. The number of thiazole rings is 1. The van der Waals surface area contributed by atoms with Crippen molar-refractivity contribution in [3.63, 3.8) is 0 Å². The van der Waals surface area contributed by atoms with Gasteiger partial charge >= 0.3 is 0 Å². The van der Waals surface area contributed by atoms with Crippen LogP contribution >= 0.6 is 11.3 Å². The van der Waals surface area contributed by atoms with Crippen molar-refractivity contribution in [2.45, 2.75) is 51.0 Å². The minimum atomic E-state index is 0.171. The fourth-order valence-electron chi connectivity index (χ4n) is 2.73. The molecular weight excluding hydrogens is 256 g/mol. The Morgan fingerprint density at radius 1 is 1.05 bits per heavy atom. The number of nitrogens with zero attached hydrogens (tertiary/aromatic N) is 2. The van der Waals surface area contributed by atoms with E-state index in [4.69, 9.17) is 4.98 Å². The Hall–Kier alpha value is -0.610. The summed E-state index contributed by atoms with van der Waals surface area (Å²) in [5, 5.41) is 10.7. The van der Waals surface area contributed by atoms with Crippen molar-refractivity contribution >= 4 is 16.5 Å². The molecule has 104 valence electrons. The fourth-order valence-corrected chi connectivity index (χ4v) is 3.75. The Labute approximate surface area is 118 Å². The molecule has 0 radical (unpaired) electrons. The number of anilines is 1. The second-order valence-corrected chi connectivity index (χ2v) is 7.59. The lowest BCUT2D eigenvalue weighted by Crippen LogP contribution is -2.27. The zero-order valence-electron chi connectivity index (χ0n) is 11.3. The highest BCUT2D eigenvalue weighted by molar-refractivity contribution is 7.15. The van der Waals surface area contributed by atoms with Crippen LogP contribution in [0.4, 0.5) is 5.13 Å². The second-order valence-electron chi connectivity index (χ2n) is 6.53. The van der Waals surface area contributed by atoms with E-state index in [1.54, 1.807) is 11.3 Å². The minimum absolute atomic E-state index is 0.171. The molecule has 3 aliphatic rings. The molecule has 0 unspecified atom stereocenters. The molecule has 3 nitrogen and oxygen atoms in total. The third kappa shape index (κ3) is 2.79. The largest absolute Gasteiger partial charge is 0.391 e. The van der Waals surface area contributed by atoms with E-state index in [1.807, 2.05) is 0 Å². The number of rotatable bonds is 7. The van der Waals surface area contributed by atoms with Gasteiger partial charge in [-0.15, -0.1) is 0 Å². The summed E-state index contributed by atoms with van der Waals surface area (Å²) in [4.78, 5) is 8.53. The zero-order valence-corrected chi connectivity index (χ0v) is 12.2. The summed E-state index contributed by atoms with van der Waals surface area (Å²) in [6.07, 6.45) is 8.12. The van der Waals surface area contributed by atoms with Gasteiger partial charge in [0.25, 0.3) is 0 Å². The maximum atomic E-state index is 9.53. The second kappa shape index (κ2) is 4.74. The van der Waals surface area contributed by atoms with Crippen molar-refractivity contribution in [3.05, 3.63) is 10.6 Å². The molecular formula is C15H22N2OS. The number of aromatic nitrogens is 1. The van der Waals surface area contributed by atoms with Crippen LogP contribution in [-0.4, -0.2) is 23.2 Å². The average Bonchev–Trinajstić information content (AvgIpc) is 3.23. The highest BCUT2D eigenvalue weighted by Gasteiger charge is 2.33. The molecule has 1 aromatic heterocycles. The van der Waals surface area contributed by atoms with Gasteiger partial charge in [0.05, 0.1) is 17.2 Å². The molecule has 0 amide bonds. The van der Waals surface area contributed by atoms with Crippen LogP contribution in [0.3, 0.4) is 0 Å². The molecule has 3 fully saturated rings. The molecule has 0 atom stereocenters. The predicted octanol–water partition coefficient (Wildman–Crippen LogP) is 3.14. The molecule has 19 heavy (non-hydrogen) atoms. The highest BCUT2D eigenvalue weighted by atomic mass is 32.1. The van der Waals surface area contributed by atoms with Gasteiger partial charge < -0.3 is 10.0 Å². The van der Waals surface area contributed by atoms with Gasteiger partial charge in [0.15, 0.2) is 5.13 Å². The van der Waals surface area contributed by atoms with Crippen LogP contribution in [-0.2, 0) is 6.61 Å². The predicted molar refractivity (Wildman–Crippen MR) is 77.7 cm³/mol. The van der Waals surface area contributed by atoms with E-state index in [0.717, 1.165) is 16.7 Å². The molecule has 3 saturated carbocycles. The fraction of sp³-hybridized carbons (Fsp3) is 0.800. The molecule has 4 rings (SSSR count). The Morgan fingerprint density at radius 2 is 1.68 bits per heavy atom. The van der Waals surface area contributed by atoms with E-state index in [1.165, 1.54) is 62.4 Å². The van der Waals surface area contributed by atoms with Crippen molar-refractivity contribution in [1.29, 1.82) is 0 Å². The van der Waals surface area contributed by atoms with Gasteiger partial charge in [0.1, 0.15) is 0 Å². The van der Waals surface area contributed by atoms with Crippen LogP contribution in [0.15, 0.2) is 0 Å². The van der Waals surface area contributed by atoms with E-state index in [0.29, 0.717) is 5.92 Å². The van der Waals surface area contributed by atoms with E-state index in [-0.39, 0.29) is 6.61 Å². The maximum absolute atomic E-state index is 9.53. The lowest BCUT2D eigenvalue weighted by atomic mass is 10.2. The quantitative estimate of drug-likeness (QED) is 0.832. The van der Waals surface area contributed by atoms with Gasteiger partial charge in [0.2, 0.25) is 0 Å². The Balaban J connectivity index is 1.55. The minimum Gasteiger partial charge on any atom is -0.391 e. The standard InChI is InChI=1S/C15H22N2OS/c18-9-13-14(12-5-6-12)16-15(19-13)17(7-10-1-2-10)8-11-3-4-11/h10-12,18H,1-9H2. The van der Waals surface area contributed by atoms with Gasteiger partial charge in [-0.3, -0.25) is 0 Å². The molecule has 1 heterocycles. The lowest BCUT2D eigenvalue weighted by molar-refractivity contribution is 0.284. The first kappa shape index (κ1) is 12.2. The average molecular weight is 278 g/mol. The smallest absolute Gasteiger partial charge is 0.185 e. The first-order valence-corrected chi connectivity index (χ1v) is 8.50. The van der Waals surface area contributed by atoms with Gasteiger partial charge in [-0.25, -0.2) is 4.98 Å². The lowest BCUT2D eigenvalue weighted by Gasteiger charge is -2.21. The maximum Gasteiger partial charge on any atom is 0.185 e. The van der Waals surface area contributed by atoms with Crippen molar-refractivity contribution in [2.24, 2.45) is 11.8 Å². The van der Waals surface area contributed by atoms with Crippen LogP contribution in [0, 0.1) is 11.8 Å². The highest BCUT2D eigenvalue weighted by Crippen LogP contribution is 2.45. The number of aliphatic hydroxyl groups is 1. The van der Waals surface area contributed by atoms with Crippen LogP contribution in [0.1, 0.15) is 55.0 Å².